The van der Waals surface area contributed by atoms with Gasteiger partial charge in [0.25, 0.3) is 0 Å². The molecule has 1 aromatic carbocycles. The molecular weight excluding hydrogens is 455 g/mol. The van der Waals surface area contributed by atoms with Crippen LogP contribution in [0.2, 0.25) is 5.02 Å². The monoisotopic (exact) mass is 478 g/mol. The highest BCUT2D eigenvalue weighted by atomic mass is 127. The molecule has 0 aliphatic carbocycles. The standard InChI is InChI=1S/C16H23ClN6O.HI/c1-4-18-16(20-10-15-21-11-22-23(15)3)19-9-12(2)24-14-8-6-5-7-13(14)17;/h5-8,11-12H,4,9-10H2,1-3H3,(H2,18,19,20);1H. The minimum Gasteiger partial charge on any atom is -0.487 e. The molecule has 1 atom stereocenters. The fourth-order valence-electron chi connectivity index (χ4n) is 1.99. The van der Waals surface area contributed by atoms with E-state index in [1.165, 1.54) is 6.33 Å². The molecule has 2 N–H and O–H groups in total. The first-order valence-corrected chi connectivity index (χ1v) is 8.24. The number of nitrogens with one attached hydrogen (secondary N) is 2. The summed E-state index contributed by atoms with van der Waals surface area (Å²) in [5.41, 5.74) is 0. The zero-order valence-corrected chi connectivity index (χ0v) is 17.7. The average molecular weight is 479 g/mol. The largest absolute Gasteiger partial charge is 0.487 e. The van der Waals surface area contributed by atoms with Crippen molar-refractivity contribution in [2.45, 2.75) is 26.5 Å². The average Bonchev–Trinajstić information content (AvgIpc) is 2.97. The molecule has 0 radical (unpaired) electrons. The summed E-state index contributed by atoms with van der Waals surface area (Å²) < 4.78 is 7.54. The molecule has 0 bridgehead atoms. The maximum absolute atomic E-state index is 6.11. The van der Waals surface area contributed by atoms with Crippen LogP contribution in [0.15, 0.2) is 35.6 Å². The highest BCUT2D eigenvalue weighted by Crippen LogP contribution is 2.23. The van der Waals surface area contributed by atoms with Crippen molar-refractivity contribution in [3.8, 4) is 5.75 Å². The van der Waals surface area contributed by atoms with E-state index in [0.717, 1.165) is 12.4 Å². The van der Waals surface area contributed by atoms with Crippen molar-refractivity contribution < 1.29 is 4.74 Å². The second-order valence-corrected chi connectivity index (χ2v) is 5.64. The molecule has 0 spiro atoms. The van der Waals surface area contributed by atoms with Gasteiger partial charge in [0.15, 0.2) is 5.96 Å². The third-order valence-corrected chi connectivity index (χ3v) is 3.56. The van der Waals surface area contributed by atoms with E-state index in [-0.39, 0.29) is 30.1 Å². The van der Waals surface area contributed by atoms with Gasteiger partial charge < -0.3 is 15.4 Å². The van der Waals surface area contributed by atoms with Crippen LogP contribution >= 0.6 is 35.6 Å². The number of rotatable bonds is 7. The molecule has 0 aliphatic heterocycles. The van der Waals surface area contributed by atoms with E-state index in [9.17, 15) is 0 Å². The summed E-state index contributed by atoms with van der Waals surface area (Å²) >= 11 is 6.11. The Balaban J connectivity index is 0.00000312. The number of aliphatic imine (C=N–C) groups is 1. The molecule has 0 amide bonds. The molecule has 0 fully saturated rings. The quantitative estimate of drug-likeness (QED) is 0.363. The lowest BCUT2D eigenvalue weighted by Crippen LogP contribution is -2.41. The van der Waals surface area contributed by atoms with Crippen LogP contribution in [0.4, 0.5) is 0 Å². The Labute approximate surface area is 170 Å². The van der Waals surface area contributed by atoms with Gasteiger partial charge in [0.05, 0.1) is 11.6 Å². The Hall–Kier alpha value is -1.55. The van der Waals surface area contributed by atoms with Crippen LogP contribution in [0, 0.1) is 0 Å². The zero-order chi connectivity index (χ0) is 17.4. The predicted molar refractivity (Wildman–Crippen MR) is 111 cm³/mol. The Bertz CT molecular complexity index is 678. The minimum absolute atomic E-state index is 0. The highest BCUT2D eigenvalue weighted by molar-refractivity contribution is 14.0. The zero-order valence-electron chi connectivity index (χ0n) is 14.6. The number of aryl methyl sites for hydroxylation is 1. The molecule has 7 nitrogen and oxygen atoms in total. The molecule has 1 aromatic heterocycles. The van der Waals surface area contributed by atoms with Gasteiger partial charge in [-0.05, 0) is 26.0 Å². The van der Waals surface area contributed by atoms with E-state index in [1.54, 1.807) is 4.68 Å². The third-order valence-electron chi connectivity index (χ3n) is 3.25. The van der Waals surface area contributed by atoms with Gasteiger partial charge >= 0.3 is 0 Å². The Morgan fingerprint density at radius 1 is 1.36 bits per heavy atom. The molecule has 9 heteroatoms. The number of guanidine groups is 1. The second kappa shape index (κ2) is 11.1. The molecule has 138 valence electrons. The van der Waals surface area contributed by atoms with Gasteiger partial charge in [-0.2, -0.15) is 5.10 Å². The molecular formula is C16H24ClIN6O. The highest BCUT2D eigenvalue weighted by Gasteiger charge is 2.08. The lowest BCUT2D eigenvalue weighted by molar-refractivity contribution is 0.224. The SMILES string of the molecule is CCNC(=NCc1ncnn1C)NCC(C)Oc1ccccc1Cl.I. The first kappa shape index (κ1) is 21.5. The van der Waals surface area contributed by atoms with Gasteiger partial charge in [-0.1, -0.05) is 23.7 Å². The summed E-state index contributed by atoms with van der Waals surface area (Å²) in [4.78, 5) is 8.66. The first-order valence-electron chi connectivity index (χ1n) is 7.86. The number of halogens is 2. The predicted octanol–water partition coefficient (Wildman–Crippen LogP) is 2.61. The second-order valence-electron chi connectivity index (χ2n) is 5.23. The third kappa shape index (κ3) is 7.07. The Morgan fingerprint density at radius 3 is 2.76 bits per heavy atom. The summed E-state index contributed by atoms with van der Waals surface area (Å²) in [5, 5.41) is 11.1. The number of hydrogen-bond donors (Lipinski definition) is 2. The molecule has 0 aliphatic rings. The van der Waals surface area contributed by atoms with Crippen molar-refractivity contribution in [1.82, 2.24) is 25.4 Å². The van der Waals surface area contributed by atoms with Crippen molar-refractivity contribution in [2.75, 3.05) is 13.1 Å². The van der Waals surface area contributed by atoms with E-state index in [0.29, 0.717) is 29.8 Å². The number of hydrogen-bond acceptors (Lipinski definition) is 4. The Morgan fingerprint density at radius 2 is 2.12 bits per heavy atom. The van der Waals surface area contributed by atoms with Crippen molar-refractivity contribution in [2.24, 2.45) is 12.0 Å². The van der Waals surface area contributed by atoms with Crippen LogP contribution in [-0.2, 0) is 13.6 Å². The smallest absolute Gasteiger partial charge is 0.191 e. The summed E-state index contributed by atoms with van der Waals surface area (Å²) in [5.74, 6) is 2.18. The first-order chi connectivity index (χ1) is 11.6. The van der Waals surface area contributed by atoms with Crippen molar-refractivity contribution in [3.05, 3.63) is 41.4 Å². The maximum atomic E-state index is 6.11. The Kier molecular flexibility index (Phi) is 9.58. The lowest BCUT2D eigenvalue weighted by Gasteiger charge is -2.18. The van der Waals surface area contributed by atoms with Crippen molar-refractivity contribution in [3.63, 3.8) is 0 Å². The number of nitrogens with zero attached hydrogens (tertiary/aromatic N) is 4. The van der Waals surface area contributed by atoms with Crippen LogP contribution < -0.4 is 15.4 Å². The fourth-order valence-corrected chi connectivity index (χ4v) is 2.17. The summed E-state index contributed by atoms with van der Waals surface area (Å²) in [7, 11) is 1.84. The van der Waals surface area contributed by atoms with Crippen molar-refractivity contribution in [1.29, 1.82) is 0 Å². The molecule has 2 aromatic rings. The minimum atomic E-state index is -0.0661. The number of ether oxygens (including phenoxy) is 1. The maximum Gasteiger partial charge on any atom is 0.191 e. The van der Waals surface area contributed by atoms with Crippen LogP contribution in [0.25, 0.3) is 0 Å². The van der Waals surface area contributed by atoms with Gasteiger partial charge in [-0.3, -0.25) is 4.68 Å². The van der Waals surface area contributed by atoms with Crippen LogP contribution in [0.3, 0.4) is 0 Å². The number of benzene rings is 1. The fraction of sp³-hybridized carbons (Fsp3) is 0.438. The van der Waals surface area contributed by atoms with Gasteiger partial charge in [0, 0.05) is 13.6 Å². The van der Waals surface area contributed by atoms with E-state index in [4.69, 9.17) is 16.3 Å². The lowest BCUT2D eigenvalue weighted by atomic mass is 10.3. The number of aromatic nitrogens is 3. The van der Waals surface area contributed by atoms with Crippen LogP contribution in [-0.4, -0.2) is 39.9 Å². The van der Waals surface area contributed by atoms with Crippen molar-refractivity contribution >= 4 is 41.5 Å². The molecule has 0 saturated heterocycles. The summed E-state index contributed by atoms with van der Waals surface area (Å²) in [6, 6.07) is 7.43. The van der Waals surface area contributed by atoms with Gasteiger partial charge in [0.1, 0.15) is 30.5 Å². The van der Waals surface area contributed by atoms with Gasteiger partial charge in [0.2, 0.25) is 0 Å². The topological polar surface area (TPSA) is 76.4 Å². The molecule has 1 unspecified atom stereocenters. The molecule has 0 saturated carbocycles. The van der Waals surface area contributed by atoms with E-state index in [2.05, 4.69) is 25.7 Å². The molecule has 1 heterocycles. The van der Waals surface area contributed by atoms with Gasteiger partial charge in [-0.25, -0.2) is 9.98 Å². The normalized spacial score (nSPS) is 12.2. The van der Waals surface area contributed by atoms with E-state index in [1.807, 2.05) is 45.2 Å². The molecule has 2 rings (SSSR count). The number of para-hydroxylation sites is 1. The van der Waals surface area contributed by atoms with E-state index >= 15 is 0 Å². The summed E-state index contributed by atoms with van der Waals surface area (Å²) in [6.07, 6.45) is 1.45. The van der Waals surface area contributed by atoms with E-state index < -0.39 is 0 Å². The molecule has 25 heavy (non-hydrogen) atoms. The van der Waals surface area contributed by atoms with Crippen LogP contribution in [0.5, 0.6) is 5.75 Å². The van der Waals surface area contributed by atoms with Crippen LogP contribution in [0.1, 0.15) is 19.7 Å². The van der Waals surface area contributed by atoms with Gasteiger partial charge in [-0.15, -0.1) is 24.0 Å². The summed E-state index contributed by atoms with van der Waals surface area (Å²) in [6.45, 7) is 5.80.